The first-order valence-electron chi connectivity index (χ1n) is 9.63. The number of hydrogen-bond donors (Lipinski definition) is 5. The molecule has 1 heterocycles. The van der Waals surface area contributed by atoms with Crippen molar-refractivity contribution in [3.63, 3.8) is 0 Å². The Morgan fingerprint density at radius 3 is 2.17 bits per heavy atom. The molecule has 1 atom stereocenters. The summed E-state index contributed by atoms with van der Waals surface area (Å²) in [6.45, 7) is 3.80. The number of nitrogens with one attached hydrogen (secondary N) is 1. The van der Waals surface area contributed by atoms with Gasteiger partial charge in [-0.3, -0.25) is 21.0 Å². The minimum absolute atomic E-state index is 0.0131. The van der Waals surface area contributed by atoms with Gasteiger partial charge in [0.15, 0.2) is 6.35 Å². The van der Waals surface area contributed by atoms with Crippen molar-refractivity contribution >= 4 is 11.5 Å². The maximum absolute atomic E-state index is 10.3. The molecule has 0 aliphatic rings. The zero-order valence-corrected chi connectivity index (χ0v) is 16.9. The van der Waals surface area contributed by atoms with E-state index in [1.54, 1.807) is 30.6 Å². The molecule has 30 heavy (non-hydrogen) atoms. The highest BCUT2D eigenvalue weighted by molar-refractivity contribution is 6.10. The van der Waals surface area contributed by atoms with E-state index in [2.05, 4.69) is 4.98 Å². The normalized spacial score (nSPS) is 12.0. The van der Waals surface area contributed by atoms with Crippen molar-refractivity contribution in [2.75, 3.05) is 4.90 Å². The fourth-order valence-electron chi connectivity index (χ4n) is 3.30. The predicted molar refractivity (Wildman–Crippen MR) is 117 cm³/mol. The number of pyridine rings is 1. The molecular weight excluding hydrogens is 380 g/mol. The topological polar surface area (TPSA) is 127 Å². The average Bonchev–Trinajstić information content (AvgIpc) is 2.69. The number of aromatic nitrogens is 1. The number of nitrogens with zero attached hydrogens (tertiary/aromatic N) is 2. The van der Waals surface area contributed by atoms with Crippen molar-refractivity contribution in [1.29, 1.82) is 5.41 Å². The van der Waals surface area contributed by atoms with Crippen LogP contribution in [0.4, 0.5) is 5.69 Å². The lowest BCUT2D eigenvalue weighted by Gasteiger charge is -2.28. The van der Waals surface area contributed by atoms with Crippen LogP contribution in [-0.2, 0) is 6.42 Å². The van der Waals surface area contributed by atoms with Crippen LogP contribution in [0.5, 0.6) is 11.5 Å². The van der Waals surface area contributed by atoms with Crippen LogP contribution in [0.15, 0.2) is 60.9 Å². The second kappa shape index (κ2) is 8.94. The summed E-state index contributed by atoms with van der Waals surface area (Å²) < 4.78 is 0. The van der Waals surface area contributed by atoms with Gasteiger partial charge in [0.2, 0.25) is 0 Å². The van der Waals surface area contributed by atoms with Crippen LogP contribution in [0.25, 0.3) is 0 Å². The Morgan fingerprint density at radius 1 is 1.00 bits per heavy atom. The van der Waals surface area contributed by atoms with Crippen LogP contribution in [0, 0.1) is 5.41 Å². The molecule has 0 saturated heterocycles. The number of aromatic hydroxyl groups is 2. The molecule has 0 aliphatic heterocycles. The molecule has 3 aromatic rings. The number of phenols is 2. The van der Waals surface area contributed by atoms with Gasteiger partial charge in [-0.05, 0) is 59.4 Å². The van der Waals surface area contributed by atoms with Gasteiger partial charge in [-0.25, -0.2) is 0 Å². The van der Waals surface area contributed by atoms with Gasteiger partial charge in [0, 0.05) is 24.1 Å². The van der Waals surface area contributed by atoms with Crippen molar-refractivity contribution in [3.8, 4) is 11.5 Å². The number of benzene rings is 2. The molecule has 0 fully saturated rings. The van der Waals surface area contributed by atoms with Crippen molar-refractivity contribution in [1.82, 2.24) is 4.98 Å². The quantitative estimate of drug-likeness (QED) is 0.243. The highest BCUT2D eigenvalue weighted by Crippen LogP contribution is 2.33. The molecule has 0 bridgehead atoms. The molecule has 156 valence electrons. The maximum atomic E-state index is 10.3. The molecule has 1 aromatic heterocycles. The molecule has 2 aromatic carbocycles. The molecule has 7 nitrogen and oxygen atoms in total. The molecule has 3 rings (SSSR count). The highest BCUT2D eigenvalue weighted by atomic mass is 16.3. The number of anilines is 1. The van der Waals surface area contributed by atoms with Gasteiger partial charge >= 0.3 is 0 Å². The number of aliphatic hydroxyl groups is 1. The smallest absolute Gasteiger partial charge is 0.186 e. The molecule has 0 spiro atoms. The van der Waals surface area contributed by atoms with Crippen LogP contribution in [-0.4, -0.2) is 32.5 Å². The van der Waals surface area contributed by atoms with E-state index in [0.717, 1.165) is 17.5 Å². The maximum Gasteiger partial charge on any atom is 0.186 e. The van der Waals surface area contributed by atoms with Gasteiger partial charge < -0.3 is 15.3 Å². The molecule has 1 unspecified atom stereocenters. The number of rotatable bonds is 6. The Morgan fingerprint density at radius 2 is 1.60 bits per heavy atom. The molecule has 0 aliphatic carbocycles. The van der Waals surface area contributed by atoms with Crippen LogP contribution in [0.2, 0.25) is 0 Å². The van der Waals surface area contributed by atoms with Gasteiger partial charge in [-0.2, -0.15) is 0 Å². The summed E-state index contributed by atoms with van der Waals surface area (Å²) in [7, 11) is 0. The lowest BCUT2D eigenvalue weighted by atomic mass is 9.98. The summed E-state index contributed by atoms with van der Waals surface area (Å²) in [6, 6.07) is 14.0. The summed E-state index contributed by atoms with van der Waals surface area (Å²) in [5.74, 6) is -0.492. The lowest BCUT2D eigenvalue weighted by Crippen LogP contribution is -2.46. The van der Waals surface area contributed by atoms with Crippen LogP contribution in [0.3, 0.4) is 0 Å². The number of phenolic OH excluding ortho intramolecular Hbond substituents is 2. The van der Waals surface area contributed by atoms with Gasteiger partial charge in [0.25, 0.3) is 0 Å². The Hall–Kier alpha value is -3.42. The third-order valence-corrected chi connectivity index (χ3v) is 4.90. The minimum atomic E-state index is -1.49. The largest absolute Gasteiger partial charge is 0.508 e. The summed E-state index contributed by atoms with van der Waals surface area (Å²) in [6.07, 6.45) is 2.72. The molecular formula is C23H26N4O3. The molecule has 6 N–H and O–H groups in total. The molecule has 0 saturated carbocycles. The molecule has 0 radical (unpaired) electrons. The van der Waals surface area contributed by atoms with Crippen LogP contribution in [0.1, 0.15) is 42.0 Å². The molecule has 7 heteroatoms. The van der Waals surface area contributed by atoms with E-state index in [1.807, 2.05) is 38.1 Å². The third kappa shape index (κ3) is 4.59. The standard InChI is InChI=1S/C23H26N4O3/c1-14(2)18-12-19(21(29)13-20(18)28)22(24)27(23(25)30)17-5-3-15(4-6-17)11-16-7-9-26-10-8-16/h3-10,12-14,23-24,28-30H,11,25H2,1-2H3. The zero-order chi connectivity index (χ0) is 21.8. The fourth-order valence-corrected chi connectivity index (χ4v) is 3.30. The zero-order valence-electron chi connectivity index (χ0n) is 16.9. The SMILES string of the molecule is CC(C)c1cc(C(=N)N(c2ccc(Cc3ccncc3)cc2)C(N)O)c(O)cc1O. The minimum Gasteiger partial charge on any atom is -0.508 e. The highest BCUT2D eigenvalue weighted by Gasteiger charge is 2.23. The lowest BCUT2D eigenvalue weighted by molar-refractivity contribution is 0.192. The predicted octanol–water partition coefficient (Wildman–Crippen LogP) is 3.27. The first-order chi connectivity index (χ1) is 14.3. The van der Waals surface area contributed by atoms with E-state index in [9.17, 15) is 15.3 Å². The average molecular weight is 406 g/mol. The number of aliphatic hydroxyl groups excluding tert-OH is 1. The van der Waals surface area contributed by atoms with E-state index in [1.165, 1.54) is 11.0 Å². The number of hydrogen-bond acceptors (Lipinski definition) is 6. The summed E-state index contributed by atoms with van der Waals surface area (Å²) in [5.41, 5.74) is 9.19. The Balaban J connectivity index is 1.91. The van der Waals surface area contributed by atoms with Crippen LogP contribution >= 0.6 is 0 Å². The molecule has 0 amide bonds. The summed E-state index contributed by atoms with van der Waals surface area (Å²) >= 11 is 0. The van der Waals surface area contributed by atoms with E-state index in [4.69, 9.17) is 11.1 Å². The van der Waals surface area contributed by atoms with E-state index in [0.29, 0.717) is 11.3 Å². The van der Waals surface area contributed by atoms with Gasteiger partial charge in [0.05, 0.1) is 5.56 Å². The summed E-state index contributed by atoms with van der Waals surface area (Å²) in [4.78, 5) is 5.23. The fraction of sp³-hybridized carbons (Fsp3) is 0.217. The number of amidine groups is 1. The Kier molecular flexibility index (Phi) is 6.34. The van der Waals surface area contributed by atoms with Gasteiger partial charge in [-0.15, -0.1) is 0 Å². The second-order valence-corrected chi connectivity index (χ2v) is 7.41. The van der Waals surface area contributed by atoms with Crippen molar-refractivity contribution in [2.45, 2.75) is 32.5 Å². The van der Waals surface area contributed by atoms with Crippen LogP contribution < -0.4 is 10.6 Å². The van der Waals surface area contributed by atoms with E-state index < -0.39 is 6.35 Å². The van der Waals surface area contributed by atoms with Gasteiger partial charge in [0.1, 0.15) is 17.3 Å². The van der Waals surface area contributed by atoms with Crippen molar-refractivity contribution < 1.29 is 15.3 Å². The van der Waals surface area contributed by atoms with Crippen molar-refractivity contribution in [3.05, 3.63) is 83.2 Å². The van der Waals surface area contributed by atoms with E-state index in [-0.39, 0.29) is 28.8 Å². The Labute approximate surface area is 175 Å². The third-order valence-electron chi connectivity index (χ3n) is 4.90. The Bertz CT molecular complexity index is 1020. The van der Waals surface area contributed by atoms with Crippen molar-refractivity contribution in [2.24, 2.45) is 5.73 Å². The first kappa shape index (κ1) is 21.3. The monoisotopic (exact) mass is 406 g/mol. The summed E-state index contributed by atoms with van der Waals surface area (Å²) in [5, 5.41) is 39.1. The van der Waals surface area contributed by atoms with E-state index >= 15 is 0 Å². The first-order valence-corrected chi connectivity index (χ1v) is 9.63. The van der Waals surface area contributed by atoms with Gasteiger partial charge in [-0.1, -0.05) is 26.0 Å². The second-order valence-electron chi connectivity index (χ2n) is 7.41. The number of nitrogens with two attached hydrogens (primary N) is 1.